The minimum absolute atomic E-state index is 0. The Morgan fingerprint density at radius 3 is 2.58 bits per heavy atom. The monoisotopic (exact) mass is 166 g/mol. The standard InChI is InChI=1S/C9H12N2O.H2/c1-7(2)11-9(12)8-3-5-10-6-4-8;/h3-7H,1-2H3,(H,11,12);1H. The van der Waals surface area contributed by atoms with Gasteiger partial charge in [-0.25, -0.2) is 0 Å². The zero-order valence-corrected chi connectivity index (χ0v) is 7.24. The summed E-state index contributed by atoms with van der Waals surface area (Å²) in [6, 6.07) is 3.56. The van der Waals surface area contributed by atoms with Crippen LogP contribution in [0.3, 0.4) is 0 Å². The van der Waals surface area contributed by atoms with Crippen LogP contribution in [0.15, 0.2) is 24.5 Å². The fourth-order valence-electron chi connectivity index (χ4n) is 0.849. The SMILES string of the molecule is CC(C)NC(=O)c1ccncc1.[HH]. The van der Waals surface area contributed by atoms with Gasteiger partial charge < -0.3 is 5.32 Å². The molecule has 0 aliphatic rings. The maximum Gasteiger partial charge on any atom is 0.251 e. The third kappa shape index (κ3) is 2.34. The Morgan fingerprint density at radius 1 is 1.50 bits per heavy atom. The van der Waals surface area contributed by atoms with Gasteiger partial charge in [0.1, 0.15) is 0 Å². The Labute approximate surface area is 73.3 Å². The molecular formula is C9H14N2O. The van der Waals surface area contributed by atoms with Crippen LogP contribution in [0.25, 0.3) is 0 Å². The highest BCUT2D eigenvalue weighted by molar-refractivity contribution is 5.94. The van der Waals surface area contributed by atoms with Crippen molar-refractivity contribution >= 4 is 5.91 Å². The van der Waals surface area contributed by atoms with E-state index in [2.05, 4.69) is 10.3 Å². The predicted octanol–water partition coefficient (Wildman–Crippen LogP) is 1.47. The molecule has 3 nitrogen and oxygen atoms in total. The Hall–Kier alpha value is -1.38. The third-order valence-corrected chi connectivity index (χ3v) is 1.36. The molecule has 0 aliphatic heterocycles. The van der Waals surface area contributed by atoms with E-state index in [1.165, 1.54) is 0 Å². The fraction of sp³-hybridized carbons (Fsp3) is 0.333. The van der Waals surface area contributed by atoms with Gasteiger partial charge in [0.25, 0.3) is 5.91 Å². The van der Waals surface area contributed by atoms with E-state index in [4.69, 9.17) is 0 Å². The van der Waals surface area contributed by atoms with Crippen LogP contribution < -0.4 is 5.32 Å². The van der Waals surface area contributed by atoms with E-state index in [1.807, 2.05) is 13.8 Å². The average Bonchev–Trinajstić information content (AvgIpc) is 2.05. The topological polar surface area (TPSA) is 42.0 Å². The van der Waals surface area contributed by atoms with Gasteiger partial charge in [-0.15, -0.1) is 0 Å². The zero-order chi connectivity index (χ0) is 8.97. The number of pyridine rings is 1. The summed E-state index contributed by atoms with van der Waals surface area (Å²) in [5.41, 5.74) is 0.652. The second-order valence-electron chi connectivity index (χ2n) is 2.86. The van der Waals surface area contributed by atoms with Crippen molar-refractivity contribution in [2.75, 3.05) is 0 Å². The van der Waals surface area contributed by atoms with Gasteiger partial charge in [0.2, 0.25) is 0 Å². The lowest BCUT2D eigenvalue weighted by Gasteiger charge is -2.07. The maximum atomic E-state index is 11.3. The van der Waals surface area contributed by atoms with E-state index in [9.17, 15) is 4.79 Å². The molecule has 0 spiro atoms. The molecule has 0 unspecified atom stereocenters. The summed E-state index contributed by atoms with van der Waals surface area (Å²) in [4.78, 5) is 15.1. The summed E-state index contributed by atoms with van der Waals surface area (Å²) < 4.78 is 0. The smallest absolute Gasteiger partial charge is 0.251 e. The largest absolute Gasteiger partial charge is 0.350 e. The Balaban J connectivity index is 0.00000144. The molecule has 1 N–H and O–H groups in total. The molecule has 0 radical (unpaired) electrons. The lowest BCUT2D eigenvalue weighted by Crippen LogP contribution is -2.29. The Kier molecular flexibility index (Phi) is 2.80. The molecule has 1 amide bonds. The van der Waals surface area contributed by atoms with Gasteiger partial charge in [0.05, 0.1) is 0 Å². The van der Waals surface area contributed by atoms with Crippen molar-refractivity contribution in [2.45, 2.75) is 19.9 Å². The van der Waals surface area contributed by atoms with Gasteiger partial charge in [-0.05, 0) is 26.0 Å². The van der Waals surface area contributed by atoms with E-state index in [0.29, 0.717) is 5.56 Å². The molecular weight excluding hydrogens is 152 g/mol. The van der Waals surface area contributed by atoms with Crippen LogP contribution in [-0.2, 0) is 0 Å². The third-order valence-electron chi connectivity index (χ3n) is 1.36. The Bertz CT molecular complexity index is 262. The van der Waals surface area contributed by atoms with E-state index in [-0.39, 0.29) is 13.4 Å². The molecule has 3 heteroatoms. The summed E-state index contributed by atoms with van der Waals surface area (Å²) in [5, 5.41) is 2.79. The number of hydrogen-bond donors (Lipinski definition) is 1. The molecule has 0 aliphatic carbocycles. The number of nitrogens with zero attached hydrogens (tertiary/aromatic N) is 1. The zero-order valence-electron chi connectivity index (χ0n) is 7.24. The summed E-state index contributed by atoms with van der Waals surface area (Å²) in [5.74, 6) is -0.0487. The van der Waals surface area contributed by atoms with E-state index in [1.54, 1.807) is 24.5 Å². The summed E-state index contributed by atoms with van der Waals surface area (Å²) >= 11 is 0. The van der Waals surface area contributed by atoms with Crippen molar-refractivity contribution in [1.29, 1.82) is 0 Å². The second-order valence-corrected chi connectivity index (χ2v) is 2.86. The van der Waals surface area contributed by atoms with Crippen LogP contribution in [0.2, 0.25) is 0 Å². The molecule has 66 valence electrons. The van der Waals surface area contributed by atoms with Gasteiger partial charge in [-0.1, -0.05) is 0 Å². The molecule has 0 saturated heterocycles. The van der Waals surface area contributed by atoms with Gasteiger partial charge in [-0.3, -0.25) is 9.78 Å². The number of nitrogens with one attached hydrogen (secondary N) is 1. The molecule has 0 saturated carbocycles. The van der Waals surface area contributed by atoms with Crippen molar-refractivity contribution in [1.82, 2.24) is 10.3 Å². The van der Waals surface area contributed by atoms with Crippen molar-refractivity contribution in [3.63, 3.8) is 0 Å². The van der Waals surface area contributed by atoms with Crippen molar-refractivity contribution in [3.8, 4) is 0 Å². The van der Waals surface area contributed by atoms with Gasteiger partial charge in [0.15, 0.2) is 0 Å². The molecule has 0 fully saturated rings. The normalized spacial score (nSPS) is 9.92. The lowest BCUT2D eigenvalue weighted by molar-refractivity contribution is 0.0943. The predicted molar refractivity (Wildman–Crippen MR) is 49.0 cm³/mol. The molecule has 0 atom stereocenters. The summed E-state index contributed by atoms with van der Waals surface area (Å²) in [7, 11) is 0. The maximum absolute atomic E-state index is 11.3. The molecule has 1 aromatic heterocycles. The van der Waals surface area contributed by atoms with Gasteiger partial charge in [-0.2, -0.15) is 0 Å². The van der Waals surface area contributed by atoms with Gasteiger partial charge in [0, 0.05) is 25.4 Å². The second kappa shape index (κ2) is 3.85. The van der Waals surface area contributed by atoms with Crippen LogP contribution in [0.4, 0.5) is 0 Å². The highest BCUT2D eigenvalue weighted by Crippen LogP contribution is 1.95. The van der Waals surface area contributed by atoms with Crippen LogP contribution in [0.1, 0.15) is 25.6 Å². The van der Waals surface area contributed by atoms with Crippen LogP contribution in [0.5, 0.6) is 0 Å². The highest BCUT2D eigenvalue weighted by atomic mass is 16.1. The first-order chi connectivity index (χ1) is 5.70. The summed E-state index contributed by atoms with van der Waals surface area (Å²) in [6.07, 6.45) is 3.21. The van der Waals surface area contributed by atoms with E-state index in [0.717, 1.165) is 0 Å². The van der Waals surface area contributed by atoms with Crippen LogP contribution in [-0.4, -0.2) is 16.9 Å². The number of amides is 1. The van der Waals surface area contributed by atoms with E-state index < -0.39 is 0 Å². The molecule has 1 heterocycles. The average molecular weight is 166 g/mol. The van der Waals surface area contributed by atoms with Crippen molar-refractivity contribution in [2.24, 2.45) is 0 Å². The number of aromatic nitrogens is 1. The first-order valence-electron chi connectivity index (χ1n) is 3.91. The molecule has 1 aromatic rings. The number of rotatable bonds is 2. The summed E-state index contributed by atoms with van der Waals surface area (Å²) in [6.45, 7) is 3.86. The minimum atomic E-state index is -0.0487. The van der Waals surface area contributed by atoms with Crippen LogP contribution in [0, 0.1) is 0 Å². The highest BCUT2D eigenvalue weighted by Gasteiger charge is 2.04. The van der Waals surface area contributed by atoms with Crippen molar-refractivity contribution < 1.29 is 6.22 Å². The van der Waals surface area contributed by atoms with Crippen molar-refractivity contribution in [3.05, 3.63) is 30.1 Å². The first kappa shape index (κ1) is 8.71. The molecule has 12 heavy (non-hydrogen) atoms. The molecule has 0 bridgehead atoms. The molecule has 1 rings (SSSR count). The Morgan fingerprint density at radius 2 is 2.08 bits per heavy atom. The quantitative estimate of drug-likeness (QED) is 0.722. The number of hydrogen-bond acceptors (Lipinski definition) is 2. The number of carbonyl (C=O) groups is 1. The lowest BCUT2D eigenvalue weighted by atomic mass is 10.2. The van der Waals surface area contributed by atoms with E-state index >= 15 is 0 Å². The molecule has 0 aromatic carbocycles. The number of carbonyl (C=O) groups excluding carboxylic acids is 1. The fourth-order valence-corrected chi connectivity index (χ4v) is 0.849. The minimum Gasteiger partial charge on any atom is -0.350 e. The van der Waals surface area contributed by atoms with Gasteiger partial charge >= 0.3 is 0 Å². The first-order valence-corrected chi connectivity index (χ1v) is 3.91. The van der Waals surface area contributed by atoms with Crippen LogP contribution >= 0.6 is 0 Å².